The largest absolute Gasteiger partial charge is 0.493 e. The molecule has 0 aliphatic carbocycles. The maximum atomic E-state index is 12.1. The topological polar surface area (TPSA) is 61.6 Å². The van der Waals surface area contributed by atoms with E-state index in [1.165, 1.54) is 0 Å². The highest BCUT2D eigenvalue weighted by Gasteiger charge is 2.24. The third-order valence-corrected chi connectivity index (χ3v) is 3.74. The summed E-state index contributed by atoms with van der Waals surface area (Å²) in [6, 6.07) is 7.87. The van der Waals surface area contributed by atoms with Gasteiger partial charge >= 0.3 is 5.97 Å². The van der Waals surface area contributed by atoms with E-state index in [9.17, 15) is 4.79 Å². The molecule has 0 amide bonds. The van der Waals surface area contributed by atoms with E-state index in [0.29, 0.717) is 30.2 Å². The van der Waals surface area contributed by atoms with E-state index in [2.05, 4.69) is 5.16 Å². The van der Waals surface area contributed by atoms with Gasteiger partial charge in [-0.05, 0) is 26.3 Å². The molecule has 21 heavy (non-hydrogen) atoms. The van der Waals surface area contributed by atoms with Crippen molar-refractivity contribution in [2.24, 2.45) is 0 Å². The van der Waals surface area contributed by atoms with E-state index in [0.717, 1.165) is 17.7 Å². The molecular formula is C16H17NO4. The van der Waals surface area contributed by atoms with Crippen LogP contribution in [-0.4, -0.2) is 24.3 Å². The lowest BCUT2D eigenvalue weighted by atomic mass is 9.94. The number of carbonyl (C=O) groups is 1. The van der Waals surface area contributed by atoms with E-state index in [1.807, 2.05) is 24.3 Å². The van der Waals surface area contributed by atoms with Crippen LogP contribution in [0.2, 0.25) is 0 Å². The Hall–Kier alpha value is -2.30. The number of ether oxygens (including phenoxy) is 2. The molecule has 0 fully saturated rings. The summed E-state index contributed by atoms with van der Waals surface area (Å²) in [6.07, 6.45) is 0.839. The van der Waals surface area contributed by atoms with Gasteiger partial charge in [-0.3, -0.25) is 0 Å². The fraction of sp³-hybridized carbons (Fsp3) is 0.375. The Morgan fingerprint density at radius 1 is 1.38 bits per heavy atom. The van der Waals surface area contributed by atoms with Crippen molar-refractivity contribution in [2.75, 3.05) is 13.2 Å². The second kappa shape index (κ2) is 5.60. The summed E-state index contributed by atoms with van der Waals surface area (Å²) in [5.41, 5.74) is 2.08. The zero-order chi connectivity index (χ0) is 14.8. The number of esters is 1. The van der Waals surface area contributed by atoms with Crippen LogP contribution in [0.1, 0.15) is 39.7 Å². The number of fused-ring (bicyclic) bond motifs is 1. The highest BCUT2D eigenvalue weighted by molar-refractivity contribution is 5.91. The molecule has 1 unspecified atom stereocenters. The summed E-state index contributed by atoms with van der Waals surface area (Å²) in [6.45, 7) is 4.42. The highest BCUT2D eigenvalue weighted by Crippen LogP contribution is 2.33. The molecule has 2 aromatic rings. The normalized spacial score (nSPS) is 17.0. The van der Waals surface area contributed by atoms with Gasteiger partial charge in [0.1, 0.15) is 17.1 Å². The first-order valence-electron chi connectivity index (χ1n) is 6.98. The number of aryl methyl sites for hydroxylation is 2. The van der Waals surface area contributed by atoms with Gasteiger partial charge in [0.25, 0.3) is 0 Å². The first kappa shape index (κ1) is 13.7. The molecule has 2 heterocycles. The lowest BCUT2D eigenvalue weighted by molar-refractivity contribution is 0.0456. The van der Waals surface area contributed by atoms with E-state index >= 15 is 0 Å². The van der Waals surface area contributed by atoms with Crippen LogP contribution in [0.4, 0.5) is 0 Å². The average molecular weight is 287 g/mol. The molecule has 110 valence electrons. The molecule has 3 rings (SSSR count). The minimum absolute atomic E-state index is 0.166. The molecule has 0 N–H and O–H groups in total. The molecule has 0 bridgehead atoms. The summed E-state index contributed by atoms with van der Waals surface area (Å²) in [5, 5.41) is 3.77. The molecule has 0 saturated carbocycles. The zero-order valence-electron chi connectivity index (χ0n) is 12.1. The number of benzene rings is 1. The molecule has 1 aliphatic rings. The van der Waals surface area contributed by atoms with Gasteiger partial charge in [0.15, 0.2) is 0 Å². The van der Waals surface area contributed by atoms with Gasteiger partial charge in [-0.25, -0.2) is 4.79 Å². The van der Waals surface area contributed by atoms with Crippen molar-refractivity contribution in [3.63, 3.8) is 0 Å². The second-order valence-corrected chi connectivity index (χ2v) is 5.17. The number of carbonyl (C=O) groups excluding carboxylic acids is 1. The van der Waals surface area contributed by atoms with Crippen LogP contribution in [0.3, 0.4) is 0 Å². The van der Waals surface area contributed by atoms with Gasteiger partial charge in [-0.1, -0.05) is 23.4 Å². The summed E-state index contributed by atoms with van der Waals surface area (Å²) in [5.74, 6) is 1.15. The zero-order valence-corrected chi connectivity index (χ0v) is 12.1. The fourth-order valence-corrected chi connectivity index (χ4v) is 2.61. The van der Waals surface area contributed by atoms with Crippen LogP contribution in [0.15, 0.2) is 28.8 Å². The monoisotopic (exact) mass is 287 g/mol. The van der Waals surface area contributed by atoms with Crippen LogP contribution in [0.25, 0.3) is 0 Å². The number of hydrogen-bond acceptors (Lipinski definition) is 5. The SMILES string of the molecule is Cc1noc(C)c1C(=O)OCC1CCOc2ccccc21. The number of rotatable bonds is 3. The van der Waals surface area contributed by atoms with Crippen molar-refractivity contribution in [1.29, 1.82) is 0 Å². The van der Waals surface area contributed by atoms with Gasteiger partial charge in [-0.15, -0.1) is 0 Å². The van der Waals surface area contributed by atoms with E-state index in [1.54, 1.807) is 13.8 Å². The summed E-state index contributed by atoms with van der Waals surface area (Å²) in [4.78, 5) is 12.1. The van der Waals surface area contributed by atoms with Crippen LogP contribution in [-0.2, 0) is 4.74 Å². The van der Waals surface area contributed by atoms with Crippen molar-refractivity contribution in [1.82, 2.24) is 5.16 Å². The first-order valence-corrected chi connectivity index (χ1v) is 6.98. The first-order chi connectivity index (χ1) is 10.2. The van der Waals surface area contributed by atoms with Gasteiger partial charge in [-0.2, -0.15) is 0 Å². The quantitative estimate of drug-likeness (QED) is 0.812. The van der Waals surface area contributed by atoms with Crippen LogP contribution >= 0.6 is 0 Å². The van der Waals surface area contributed by atoms with E-state index < -0.39 is 0 Å². The maximum Gasteiger partial charge on any atom is 0.343 e. The molecule has 0 radical (unpaired) electrons. The smallest absolute Gasteiger partial charge is 0.343 e. The summed E-state index contributed by atoms with van der Waals surface area (Å²) in [7, 11) is 0. The molecule has 1 aliphatic heterocycles. The predicted molar refractivity (Wildman–Crippen MR) is 75.6 cm³/mol. The van der Waals surface area contributed by atoms with Crippen molar-refractivity contribution in [3.05, 3.63) is 46.8 Å². The average Bonchev–Trinajstić information content (AvgIpc) is 2.84. The number of hydrogen-bond donors (Lipinski definition) is 0. The summed E-state index contributed by atoms with van der Waals surface area (Å²) >= 11 is 0. The standard InChI is InChI=1S/C16H17NO4/c1-10-15(11(2)21-17-10)16(18)20-9-12-7-8-19-14-6-4-3-5-13(12)14/h3-6,12H,7-9H2,1-2H3. The van der Waals surface area contributed by atoms with Crippen LogP contribution in [0, 0.1) is 13.8 Å². The fourth-order valence-electron chi connectivity index (χ4n) is 2.61. The lowest BCUT2D eigenvalue weighted by Gasteiger charge is -2.25. The number of para-hydroxylation sites is 1. The van der Waals surface area contributed by atoms with Crippen molar-refractivity contribution >= 4 is 5.97 Å². The predicted octanol–water partition coefficient (Wildman–Crippen LogP) is 3.01. The molecule has 1 atom stereocenters. The number of nitrogens with zero attached hydrogens (tertiary/aromatic N) is 1. The molecule has 1 aromatic carbocycles. The van der Waals surface area contributed by atoms with Crippen LogP contribution in [0.5, 0.6) is 5.75 Å². The minimum Gasteiger partial charge on any atom is -0.493 e. The van der Waals surface area contributed by atoms with Crippen molar-refractivity contribution in [3.8, 4) is 5.75 Å². The Balaban J connectivity index is 1.70. The third kappa shape index (κ3) is 2.63. The molecular weight excluding hydrogens is 270 g/mol. The van der Waals surface area contributed by atoms with E-state index in [4.69, 9.17) is 14.0 Å². The Bertz CT molecular complexity index is 643. The Morgan fingerprint density at radius 2 is 2.19 bits per heavy atom. The van der Waals surface area contributed by atoms with Gasteiger partial charge in [0.05, 0.1) is 18.9 Å². The van der Waals surface area contributed by atoms with Crippen molar-refractivity contribution in [2.45, 2.75) is 26.2 Å². The summed E-state index contributed by atoms with van der Waals surface area (Å²) < 4.78 is 16.0. The van der Waals surface area contributed by atoms with Gasteiger partial charge in [0.2, 0.25) is 0 Å². The van der Waals surface area contributed by atoms with Gasteiger partial charge in [0, 0.05) is 11.5 Å². The second-order valence-electron chi connectivity index (χ2n) is 5.17. The Morgan fingerprint density at radius 3 is 2.95 bits per heavy atom. The van der Waals surface area contributed by atoms with Crippen molar-refractivity contribution < 1.29 is 18.8 Å². The Kier molecular flexibility index (Phi) is 3.64. The highest BCUT2D eigenvalue weighted by atomic mass is 16.5. The third-order valence-electron chi connectivity index (χ3n) is 3.74. The maximum absolute atomic E-state index is 12.1. The molecule has 0 spiro atoms. The van der Waals surface area contributed by atoms with E-state index in [-0.39, 0.29) is 11.9 Å². The minimum atomic E-state index is -0.379. The number of aromatic nitrogens is 1. The molecule has 0 saturated heterocycles. The van der Waals surface area contributed by atoms with Gasteiger partial charge < -0.3 is 14.0 Å². The lowest BCUT2D eigenvalue weighted by Crippen LogP contribution is -2.20. The van der Waals surface area contributed by atoms with Crippen LogP contribution < -0.4 is 4.74 Å². The molecule has 1 aromatic heterocycles. The Labute approximate surface area is 122 Å². The molecule has 5 nitrogen and oxygen atoms in total. The molecule has 5 heteroatoms.